The zero-order valence-corrected chi connectivity index (χ0v) is 12.5. The van der Waals surface area contributed by atoms with Gasteiger partial charge in [0.1, 0.15) is 12.6 Å². The normalized spacial score (nSPS) is 19.7. The number of amides is 2. The maximum Gasteiger partial charge on any atom is 0.406 e. The number of hydrogen-bond acceptors (Lipinski definition) is 3. The van der Waals surface area contributed by atoms with E-state index in [2.05, 4.69) is 5.32 Å². The van der Waals surface area contributed by atoms with Crippen LogP contribution in [0.3, 0.4) is 0 Å². The molecule has 0 saturated carbocycles. The van der Waals surface area contributed by atoms with Crippen LogP contribution in [0.15, 0.2) is 30.3 Å². The van der Waals surface area contributed by atoms with Crippen LogP contribution in [0.4, 0.5) is 13.2 Å². The monoisotopic (exact) mass is 330 g/mol. The maximum atomic E-state index is 12.4. The third kappa shape index (κ3) is 4.44. The Kier molecular flexibility index (Phi) is 5.25. The van der Waals surface area contributed by atoms with Crippen LogP contribution >= 0.6 is 0 Å². The fraction of sp³-hybridized carbons (Fsp3) is 0.467. The van der Waals surface area contributed by atoms with Crippen LogP contribution in [0.1, 0.15) is 18.1 Å². The molecule has 1 aromatic carbocycles. The van der Waals surface area contributed by atoms with Gasteiger partial charge in [0.25, 0.3) is 5.91 Å². The molecule has 23 heavy (non-hydrogen) atoms. The third-order valence-corrected chi connectivity index (χ3v) is 3.56. The second-order valence-electron chi connectivity index (χ2n) is 5.25. The highest BCUT2D eigenvalue weighted by molar-refractivity contribution is 5.91. The quantitative estimate of drug-likeness (QED) is 0.893. The van der Waals surface area contributed by atoms with Gasteiger partial charge in [0.15, 0.2) is 6.10 Å². The van der Waals surface area contributed by atoms with Crippen LogP contribution in [0.25, 0.3) is 0 Å². The van der Waals surface area contributed by atoms with Crippen molar-refractivity contribution in [3.05, 3.63) is 35.9 Å². The Morgan fingerprint density at radius 3 is 2.61 bits per heavy atom. The first kappa shape index (κ1) is 17.3. The summed E-state index contributed by atoms with van der Waals surface area (Å²) in [7, 11) is 1.35. The average molecular weight is 330 g/mol. The average Bonchev–Trinajstić information content (AvgIpc) is 2.80. The fourth-order valence-corrected chi connectivity index (χ4v) is 2.52. The molecule has 5 nitrogen and oxygen atoms in total. The van der Waals surface area contributed by atoms with Gasteiger partial charge in [0, 0.05) is 13.7 Å². The summed E-state index contributed by atoms with van der Waals surface area (Å²) in [6, 6.07) is 7.69. The molecule has 1 fully saturated rings. The summed E-state index contributed by atoms with van der Waals surface area (Å²) in [5.74, 6) is -1.27. The standard InChI is InChI=1S/C15H17F3N2O3/c1-23-12(10-5-3-2-4-6-10)13(21)19-11-7-8-20(14(11)22)9-15(16,17)18/h2-6,11-12H,7-9H2,1H3,(H,19,21)/t11-,12+/m1/s1. The predicted molar refractivity (Wildman–Crippen MR) is 75.4 cm³/mol. The van der Waals surface area contributed by atoms with E-state index < -0.39 is 36.7 Å². The van der Waals surface area contributed by atoms with Crippen molar-refractivity contribution in [3.8, 4) is 0 Å². The molecule has 2 atom stereocenters. The zero-order valence-electron chi connectivity index (χ0n) is 12.5. The Hall–Kier alpha value is -2.09. The van der Waals surface area contributed by atoms with E-state index in [9.17, 15) is 22.8 Å². The number of nitrogens with zero attached hydrogens (tertiary/aromatic N) is 1. The molecule has 8 heteroatoms. The molecular weight excluding hydrogens is 313 g/mol. The molecule has 1 saturated heterocycles. The minimum atomic E-state index is -4.45. The van der Waals surface area contributed by atoms with E-state index in [1.54, 1.807) is 30.3 Å². The van der Waals surface area contributed by atoms with Gasteiger partial charge in [-0.15, -0.1) is 0 Å². The largest absolute Gasteiger partial charge is 0.406 e. The van der Waals surface area contributed by atoms with E-state index in [1.165, 1.54) is 7.11 Å². The molecule has 2 amide bonds. The number of carbonyl (C=O) groups is 2. The second-order valence-corrected chi connectivity index (χ2v) is 5.25. The summed E-state index contributed by atoms with van der Waals surface area (Å²) in [5.41, 5.74) is 0.602. The number of alkyl halides is 3. The molecule has 0 spiro atoms. The van der Waals surface area contributed by atoms with Crippen molar-refractivity contribution in [2.24, 2.45) is 0 Å². The van der Waals surface area contributed by atoms with Crippen molar-refractivity contribution >= 4 is 11.8 Å². The summed E-state index contributed by atoms with van der Waals surface area (Å²) in [6.45, 7) is -1.34. The zero-order chi connectivity index (χ0) is 17.0. The van der Waals surface area contributed by atoms with Crippen LogP contribution < -0.4 is 5.32 Å². The maximum absolute atomic E-state index is 12.4. The molecule has 1 N–H and O–H groups in total. The number of ether oxygens (including phenoxy) is 1. The Morgan fingerprint density at radius 2 is 2.04 bits per heavy atom. The molecule has 1 aliphatic rings. The lowest BCUT2D eigenvalue weighted by atomic mass is 10.1. The number of likely N-dealkylation sites (tertiary alicyclic amines) is 1. The first-order chi connectivity index (χ1) is 10.8. The topological polar surface area (TPSA) is 58.6 Å². The Bertz CT molecular complexity index is 563. The number of hydrogen-bond donors (Lipinski definition) is 1. The van der Waals surface area contributed by atoms with E-state index in [1.807, 2.05) is 0 Å². The van der Waals surface area contributed by atoms with Gasteiger partial charge in [0.2, 0.25) is 5.91 Å². The molecule has 126 valence electrons. The SMILES string of the molecule is CO[C@H](C(=O)N[C@@H]1CCN(CC(F)(F)F)C1=O)c1ccccc1. The van der Waals surface area contributed by atoms with Crippen molar-refractivity contribution in [1.29, 1.82) is 0 Å². The Labute approximate surface area is 131 Å². The molecule has 1 heterocycles. The van der Waals surface area contributed by atoms with E-state index in [4.69, 9.17) is 4.74 Å². The lowest BCUT2D eigenvalue weighted by Crippen LogP contribution is -2.45. The highest BCUT2D eigenvalue weighted by Gasteiger charge is 2.40. The number of methoxy groups -OCH3 is 1. The minimum absolute atomic E-state index is 0.0354. The number of halogens is 3. The summed E-state index contributed by atoms with van der Waals surface area (Å²) in [5, 5.41) is 2.47. The molecule has 0 bridgehead atoms. The minimum Gasteiger partial charge on any atom is -0.367 e. The van der Waals surface area contributed by atoms with E-state index in [0.29, 0.717) is 10.5 Å². The molecule has 1 aromatic rings. The van der Waals surface area contributed by atoms with Crippen molar-refractivity contribution in [3.63, 3.8) is 0 Å². The Morgan fingerprint density at radius 1 is 1.39 bits per heavy atom. The molecule has 2 rings (SSSR count). The number of benzene rings is 1. The summed E-state index contributed by atoms with van der Waals surface area (Å²) >= 11 is 0. The van der Waals surface area contributed by atoms with Gasteiger partial charge in [-0.3, -0.25) is 9.59 Å². The molecular formula is C15H17F3N2O3. The van der Waals surface area contributed by atoms with Crippen LogP contribution in [0.2, 0.25) is 0 Å². The number of carbonyl (C=O) groups excluding carboxylic acids is 2. The Balaban J connectivity index is 1.99. The third-order valence-electron chi connectivity index (χ3n) is 3.56. The van der Waals surface area contributed by atoms with Gasteiger partial charge < -0.3 is 15.0 Å². The molecule has 0 radical (unpaired) electrons. The first-order valence-electron chi connectivity index (χ1n) is 7.05. The predicted octanol–water partition coefficient (Wildman–Crippen LogP) is 1.65. The molecule has 1 aliphatic heterocycles. The van der Waals surface area contributed by atoms with Gasteiger partial charge >= 0.3 is 6.18 Å². The van der Waals surface area contributed by atoms with Crippen LogP contribution in [-0.4, -0.2) is 49.1 Å². The van der Waals surface area contributed by atoms with Crippen molar-refractivity contribution in [1.82, 2.24) is 10.2 Å². The van der Waals surface area contributed by atoms with E-state index in [-0.39, 0.29) is 13.0 Å². The van der Waals surface area contributed by atoms with Crippen molar-refractivity contribution in [2.45, 2.75) is 24.7 Å². The summed E-state index contributed by atoms with van der Waals surface area (Å²) < 4.78 is 42.3. The highest BCUT2D eigenvalue weighted by atomic mass is 19.4. The van der Waals surface area contributed by atoms with E-state index in [0.717, 1.165) is 0 Å². The lowest BCUT2D eigenvalue weighted by Gasteiger charge is -2.20. The number of rotatable bonds is 5. The van der Waals surface area contributed by atoms with Gasteiger partial charge in [-0.25, -0.2) is 0 Å². The van der Waals surface area contributed by atoms with Gasteiger partial charge in [-0.05, 0) is 12.0 Å². The first-order valence-corrected chi connectivity index (χ1v) is 7.05. The van der Waals surface area contributed by atoms with Crippen LogP contribution in [-0.2, 0) is 14.3 Å². The molecule has 0 aromatic heterocycles. The fourth-order valence-electron chi connectivity index (χ4n) is 2.52. The summed E-state index contributed by atoms with van der Waals surface area (Å²) in [4.78, 5) is 24.9. The van der Waals surface area contributed by atoms with Gasteiger partial charge in [0.05, 0.1) is 0 Å². The summed E-state index contributed by atoms with van der Waals surface area (Å²) in [6.07, 6.45) is -5.22. The van der Waals surface area contributed by atoms with Crippen molar-refractivity contribution < 1.29 is 27.5 Å². The second kappa shape index (κ2) is 6.99. The van der Waals surface area contributed by atoms with Crippen LogP contribution in [0, 0.1) is 0 Å². The molecule has 0 unspecified atom stereocenters. The van der Waals surface area contributed by atoms with Crippen molar-refractivity contribution in [2.75, 3.05) is 20.2 Å². The number of nitrogens with one attached hydrogen (secondary N) is 1. The smallest absolute Gasteiger partial charge is 0.367 e. The highest BCUT2D eigenvalue weighted by Crippen LogP contribution is 2.22. The van der Waals surface area contributed by atoms with E-state index >= 15 is 0 Å². The van der Waals surface area contributed by atoms with Gasteiger partial charge in [-0.2, -0.15) is 13.2 Å². The molecule has 0 aliphatic carbocycles. The lowest BCUT2D eigenvalue weighted by molar-refractivity contribution is -0.158. The van der Waals surface area contributed by atoms with Gasteiger partial charge in [-0.1, -0.05) is 30.3 Å². The van der Waals surface area contributed by atoms with Crippen LogP contribution in [0.5, 0.6) is 0 Å².